The lowest BCUT2D eigenvalue weighted by molar-refractivity contribution is 1.19. The molecule has 1 N–H and O–H groups in total. The van der Waals surface area contributed by atoms with Crippen LogP contribution < -0.4 is 5.32 Å². The Morgan fingerprint density at radius 3 is 2.23 bits per heavy atom. The van der Waals surface area contributed by atoms with Crippen molar-refractivity contribution in [3.8, 4) is 0 Å². The van der Waals surface area contributed by atoms with Crippen LogP contribution in [-0.4, -0.2) is 18.8 Å². The topological polar surface area (TPSA) is 24.4 Å². The molecular formula is C20H20N2. The lowest BCUT2D eigenvalue weighted by Crippen LogP contribution is -2.17. The number of rotatable bonds is 3. The zero-order valence-electron chi connectivity index (χ0n) is 13.1. The zero-order chi connectivity index (χ0) is 15.7. The third kappa shape index (κ3) is 2.37. The lowest BCUT2D eigenvalue weighted by atomic mass is 10.1. The van der Waals surface area contributed by atoms with E-state index in [9.17, 15) is 0 Å². The molecule has 0 spiro atoms. The van der Waals surface area contributed by atoms with Crippen LogP contribution in [0, 0.1) is 0 Å². The molecule has 1 aliphatic rings. The fourth-order valence-electron chi connectivity index (χ4n) is 2.87. The molecule has 0 aromatic heterocycles. The van der Waals surface area contributed by atoms with Crippen molar-refractivity contribution in [3.63, 3.8) is 0 Å². The molecule has 2 nitrogen and oxygen atoms in total. The van der Waals surface area contributed by atoms with Gasteiger partial charge in [-0.2, -0.15) is 0 Å². The first kappa shape index (κ1) is 14.3. The van der Waals surface area contributed by atoms with Gasteiger partial charge in [0.05, 0.1) is 6.04 Å². The second kappa shape index (κ2) is 5.64. The summed E-state index contributed by atoms with van der Waals surface area (Å²) in [5.74, 6) is 0. The van der Waals surface area contributed by atoms with E-state index in [0.717, 1.165) is 28.1 Å². The van der Waals surface area contributed by atoms with Gasteiger partial charge in [-0.1, -0.05) is 49.6 Å². The average molecular weight is 288 g/mol. The maximum absolute atomic E-state index is 4.25. The van der Waals surface area contributed by atoms with Gasteiger partial charge < -0.3 is 5.32 Å². The van der Waals surface area contributed by atoms with Crippen molar-refractivity contribution in [2.75, 3.05) is 12.4 Å². The summed E-state index contributed by atoms with van der Waals surface area (Å²) >= 11 is 0. The van der Waals surface area contributed by atoms with E-state index in [-0.39, 0.29) is 6.04 Å². The monoisotopic (exact) mass is 288 g/mol. The van der Waals surface area contributed by atoms with Gasteiger partial charge in [0.25, 0.3) is 0 Å². The molecule has 3 rings (SSSR count). The summed E-state index contributed by atoms with van der Waals surface area (Å²) in [4.78, 5) is 4.25. The molecule has 110 valence electrons. The molecule has 22 heavy (non-hydrogen) atoms. The summed E-state index contributed by atoms with van der Waals surface area (Å²) in [6.45, 7) is 10.5. The van der Waals surface area contributed by atoms with Crippen LogP contribution in [0.5, 0.6) is 0 Å². The Kier molecular flexibility index (Phi) is 3.68. The third-order valence-corrected chi connectivity index (χ3v) is 4.24. The minimum Gasteiger partial charge on any atom is -0.374 e. The van der Waals surface area contributed by atoms with Crippen molar-refractivity contribution in [2.45, 2.75) is 13.0 Å². The summed E-state index contributed by atoms with van der Waals surface area (Å²) in [5.41, 5.74) is 7.73. The van der Waals surface area contributed by atoms with Gasteiger partial charge in [-0.05, 0) is 46.9 Å². The molecular weight excluding hydrogens is 268 g/mol. The maximum Gasteiger partial charge on any atom is 0.0768 e. The van der Waals surface area contributed by atoms with E-state index in [0.29, 0.717) is 0 Å². The highest BCUT2D eigenvalue weighted by Gasteiger charge is 2.28. The molecule has 0 amide bonds. The Morgan fingerprint density at radius 2 is 1.64 bits per heavy atom. The van der Waals surface area contributed by atoms with E-state index in [2.05, 4.69) is 53.8 Å². The Balaban J connectivity index is 1.89. The van der Waals surface area contributed by atoms with Crippen LogP contribution in [-0.2, 0) is 0 Å². The van der Waals surface area contributed by atoms with Gasteiger partial charge in [0.15, 0.2) is 0 Å². The number of anilines is 1. The summed E-state index contributed by atoms with van der Waals surface area (Å²) < 4.78 is 0. The number of hydrogen-bond donors (Lipinski definition) is 1. The van der Waals surface area contributed by atoms with Crippen LogP contribution in [0.3, 0.4) is 0 Å². The first-order chi connectivity index (χ1) is 10.6. The molecule has 1 aliphatic carbocycles. The number of nitrogens with one attached hydrogen (secondary N) is 1. The Bertz CT molecular complexity index is 749. The highest BCUT2D eigenvalue weighted by atomic mass is 14.9. The van der Waals surface area contributed by atoms with Gasteiger partial charge in [0, 0.05) is 18.4 Å². The van der Waals surface area contributed by atoms with Gasteiger partial charge in [-0.3, -0.25) is 4.99 Å². The number of benzene rings is 2. The summed E-state index contributed by atoms with van der Waals surface area (Å²) in [6.07, 6.45) is 0. The standard InChI is InChI=1S/C20H20N2/c1-13-18-10-5-6-11-19(18)14(2)20(13)22-17-9-7-8-16(12-17)15(3)21-4/h5-12,20,22H,1-2H2,3-4H3. The smallest absolute Gasteiger partial charge is 0.0768 e. The molecule has 2 aromatic rings. The second-order valence-corrected chi connectivity index (χ2v) is 5.56. The van der Waals surface area contributed by atoms with Crippen LogP contribution in [0.25, 0.3) is 11.1 Å². The molecule has 2 heteroatoms. The molecule has 0 heterocycles. The van der Waals surface area contributed by atoms with E-state index in [1.165, 1.54) is 11.1 Å². The van der Waals surface area contributed by atoms with E-state index in [1.807, 2.05) is 32.2 Å². The molecule has 0 saturated carbocycles. The van der Waals surface area contributed by atoms with Gasteiger partial charge in [0.1, 0.15) is 0 Å². The van der Waals surface area contributed by atoms with E-state index < -0.39 is 0 Å². The van der Waals surface area contributed by atoms with Gasteiger partial charge in [0.2, 0.25) is 0 Å². The molecule has 0 saturated heterocycles. The summed E-state index contributed by atoms with van der Waals surface area (Å²) in [7, 11) is 1.81. The van der Waals surface area contributed by atoms with Crippen molar-refractivity contribution in [1.29, 1.82) is 0 Å². The Hall–Kier alpha value is -2.61. The third-order valence-electron chi connectivity index (χ3n) is 4.24. The minimum atomic E-state index is 0.0477. The molecule has 2 aromatic carbocycles. The van der Waals surface area contributed by atoms with Gasteiger partial charge in [-0.15, -0.1) is 0 Å². The predicted octanol–water partition coefficient (Wildman–Crippen LogP) is 4.65. The molecule has 0 fully saturated rings. The molecule has 0 aliphatic heterocycles. The van der Waals surface area contributed by atoms with Gasteiger partial charge >= 0.3 is 0 Å². The van der Waals surface area contributed by atoms with Crippen LogP contribution in [0.4, 0.5) is 5.69 Å². The number of fused-ring (bicyclic) bond motifs is 1. The predicted molar refractivity (Wildman–Crippen MR) is 96.5 cm³/mol. The minimum absolute atomic E-state index is 0.0477. The summed E-state index contributed by atoms with van der Waals surface area (Å²) in [5, 5.41) is 3.55. The van der Waals surface area contributed by atoms with Crippen LogP contribution in [0.15, 0.2) is 66.7 Å². The molecule has 0 radical (unpaired) electrons. The first-order valence-electron chi connectivity index (χ1n) is 7.39. The quantitative estimate of drug-likeness (QED) is 0.817. The van der Waals surface area contributed by atoms with Crippen molar-refractivity contribution >= 4 is 22.5 Å². The fourth-order valence-corrected chi connectivity index (χ4v) is 2.87. The van der Waals surface area contributed by atoms with E-state index in [1.54, 1.807) is 0 Å². The van der Waals surface area contributed by atoms with Crippen molar-refractivity contribution < 1.29 is 0 Å². The van der Waals surface area contributed by atoms with Crippen molar-refractivity contribution in [1.82, 2.24) is 0 Å². The lowest BCUT2D eigenvalue weighted by Gasteiger charge is -2.17. The largest absolute Gasteiger partial charge is 0.374 e. The van der Waals surface area contributed by atoms with Crippen LogP contribution >= 0.6 is 0 Å². The maximum atomic E-state index is 4.25. The molecule has 0 bridgehead atoms. The second-order valence-electron chi connectivity index (χ2n) is 5.56. The highest BCUT2D eigenvalue weighted by Crippen LogP contribution is 2.40. The number of hydrogen-bond acceptors (Lipinski definition) is 2. The number of nitrogens with zero attached hydrogens (tertiary/aromatic N) is 1. The van der Waals surface area contributed by atoms with Gasteiger partial charge in [-0.25, -0.2) is 0 Å². The van der Waals surface area contributed by atoms with Crippen LogP contribution in [0.2, 0.25) is 0 Å². The fraction of sp³-hybridized carbons (Fsp3) is 0.150. The number of aliphatic imine (C=N–C) groups is 1. The van der Waals surface area contributed by atoms with E-state index >= 15 is 0 Å². The summed E-state index contributed by atoms with van der Waals surface area (Å²) in [6, 6.07) is 16.6. The van der Waals surface area contributed by atoms with E-state index in [4.69, 9.17) is 0 Å². The molecule has 0 atom stereocenters. The highest BCUT2D eigenvalue weighted by molar-refractivity contribution is 6.00. The SMILES string of the molecule is C=C1c2ccccc2C(=C)C1Nc1cccc(C(C)=NC)c1. The Morgan fingerprint density at radius 1 is 1.00 bits per heavy atom. The first-order valence-corrected chi connectivity index (χ1v) is 7.39. The Labute approximate surface area is 131 Å². The molecule has 0 unspecified atom stereocenters. The average Bonchev–Trinajstić information content (AvgIpc) is 2.80. The van der Waals surface area contributed by atoms with Crippen molar-refractivity contribution in [3.05, 3.63) is 78.4 Å². The van der Waals surface area contributed by atoms with Crippen molar-refractivity contribution in [2.24, 2.45) is 4.99 Å². The normalized spacial score (nSPS) is 15.1. The van der Waals surface area contributed by atoms with Crippen LogP contribution in [0.1, 0.15) is 23.6 Å². The zero-order valence-corrected chi connectivity index (χ0v) is 13.1.